The summed E-state index contributed by atoms with van der Waals surface area (Å²) in [5.74, 6) is 1.17. The second-order valence-corrected chi connectivity index (χ2v) is 9.12. The third kappa shape index (κ3) is 4.38. The topological polar surface area (TPSA) is 77.0 Å². The van der Waals surface area contributed by atoms with Crippen molar-refractivity contribution in [1.29, 1.82) is 0 Å². The molecule has 4 rings (SSSR count). The minimum Gasteiger partial charge on any atom is -0.370 e. The number of allylic oxidation sites excluding steroid dienone is 2. The van der Waals surface area contributed by atoms with Gasteiger partial charge in [0.15, 0.2) is 5.96 Å². The van der Waals surface area contributed by atoms with Crippen LogP contribution < -0.4 is 15.5 Å². The van der Waals surface area contributed by atoms with E-state index in [4.69, 9.17) is 4.99 Å². The van der Waals surface area contributed by atoms with Crippen molar-refractivity contribution >= 4 is 23.5 Å². The molecule has 172 valence electrons. The number of imide groups is 1. The molecule has 0 spiro atoms. The maximum Gasteiger partial charge on any atom is 0.233 e. The molecule has 2 fully saturated rings. The van der Waals surface area contributed by atoms with E-state index in [1.807, 2.05) is 25.1 Å². The SMILES string of the molecule is CCNC(=NCC(C)N(C)c1ccccc1)NCCCN1C(=O)C2C3C=CC(C3)C2C1=O. The first kappa shape index (κ1) is 22.4. The number of nitrogens with one attached hydrogen (secondary N) is 2. The van der Waals surface area contributed by atoms with E-state index in [2.05, 4.69) is 53.8 Å². The Bertz CT molecular complexity index is 854. The van der Waals surface area contributed by atoms with Gasteiger partial charge < -0.3 is 15.5 Å². The van der Waals surface area contributed by atoms with Gasteiger partial charge in [-0.25, -0.2) is 0 Å². The molecule has 0 aromatic heterocycles. The summed E-state index contributed by atoms with van der Waals surface area (Å²) < 4.78 is 0. The van der Waals surface area contributed by atoms with Crippen LogP contribution in [0.3, 0.4) is 0 Å². The van der Waals surface area contributed by atoms with Gasteiger partial charge in [-0.1, -0.05) is 30.4 Å². The van der Waals surface area contributed by atoms with E-state index in [0.29, 0.717) is 26.1 Å². The number of benzene rings is 1. The Labute approximate surface area is 190 Å². The van der Waals surface area contributed by atoms with Crippen LogP contribution in [-0.4, -0.2) is 61.9 Å². The maximum atomic E-state index is 12.8. The number of likely N-dealkylation sites (N-methyl/N-ethyl adjacent to an activating group) is 1. The van der Waals surface area contributed by atoms with Gasteiger partial charge in [-0.3, -0.25) is 19.5 Å². The molecule has 5 unspecified atom stereocenters. The quantitative estimate of drug-likeness (QED) is 0.204. The Balaban J connectivity index is 1.24. The number of anilines is 1. The number of hydrogen-bond acceptors (Lipinski definition) is 4. The first-order valence-electron chi connectivity index (χ1n) is 11.8. The van der Waals surface area contributed by atoms with E-state index in [1.54, 1.807) is 0 Å². The van der Waals surface area contributed by atoms with Crippen molar-refractivity contribution in [3.05, 3.63) is 42.5 Å². The number of guanidine groups is 1. The number of carbonyl (C=O) groups excluding carboxylic acids is 2. The number of amides is 2. The molecular formula is C25H35N5O2. The Kier molecular flexibility index (Phi) is 6.82. The maximum absolute atomic E-state index is 12.8. The van der Waals surface area contributed by atoms with Crippen LogP contribution in [0.2, 0.25) is 0 Å². The van der Waals surface area contributed by atoms with Crippen molar-refractivity contribution in [3.8, 4) is 0 Å². The summed E-state index contributed by atoms with van der Waals surface area (Å²) in [5, 5.41) is 6.63. The van der Waals surface area contributed by atoms with Gasteiger partial charge in [-0.05, 0) is 50.7 Å². The number of hydrogen-bond donors (Lipinski definition) is 2. The normalized spacial score (nSPS) is 27.1. The van der Waals surface area contributed by atoms with E-state index in [0.717, 1.165) is 18.9 Å². The lowest BCUT2D eigenvalue weighted by molar-refractivity contribution is -0.140. The number of aliphatic imine (C=N–C) groups is 1. The van der Waals surface area contributed by atoms with Crippen LogP contribution >= 0.6 is 0 Å². The van der Waals surface area contributed by atoms with Crippen LogP contribution in [0.25, 0.3) is 0 Å². The van der Waals surface area contributed by atoms with E-state index in [1.165, 1.54) is 10.6 Å². The Morgan fingerprint density at radius 2 is 1.78 bits per heavy atom. The van der Waals surface area contributed by atoms with Crippen LogP contribution in [0.15, 0.2) is 47.5 Å². The average molecular weight is 438 g/mol. The Morgan fingerprint density at radius 1 is 1.12 bits per heavy atom. The molecule has 32 heavy (non-hydrogen) atoms. The Morgan fingerprint density at radius 3 is 2.41 bits per heavy atom. The zero-order valence-electron chi connectivity index (χ0n) is 19.3. The van der Waals surface area contributed by atoms with Crippen LogP contribution in [0.1, 0.15) is 26.7 Å². The van der Waals surface area contributed by atoms with Crippen LogP contribution in [0.5, 0.6) is 0 Å². The zero-order chi connectivity index (χ0) is 22.7. The molecule has 1 aromatic rings. The molecule has 2 amide bonds. The molecule has 7 heteroatoms. The molecule has 1 heterocycles. The van der Waals surface area contributed by atoms with Gasteiger partial charge in [0.1, 0.15) is 0 Å². The van der Waals surface area contributed by atoms with Gasteiger partial charge in [-0.15, -0.1) is 0 Å². The molecule has 3 aliphatic rings. The highest BCUT2D eigenvalue weighted by molar-refractivity contribution is 6.06. The van der Waals surface area contributed by atoms with E-state index < -0.39 is 0 Å². The van der Waals surface area contributed by atoms with Gasteiger partial charge in [0, 0.05) is 38.4 Å². The zero-order valence-corrected chi connectivity index (χ0v) is 19.3. The van der Waals surface area contributed by atoms with E-state index in [-0.39, 0.29) is 41.5 Å². The summed E-state index contributed by atoms with van der Waals surface area (Å²) >= 11 is 0. The standard InChI is InChI=1S/C25H35N5O2/c1-4-26-25(28-16-17(2)29(3)20-9-6-5-7-10-20)27-13-8-14-30-23(31)21-18-11-12-19(15-18)22(21)24(30)32/h5-7,9-12,17-19,21-22H,4,8,13-16H2,1-3H3,(H2,26,27,28). The molecule has 1 saturated heterocycles. The molecule has 2 aliphatic carbocycles. The van der Waals surface area contributed by atoms with Crippen molar-refractivity contribution in [2.75, 3.05) is 38.1 Å². The third-order valence-corrected chi connectivity index (χ3v) is 7.10. The smallest absolute Gasteiger partial charge is 0.233 e. The molecule has 1 saturated carbocycles. The lowest BCUT2D eigenvalue weighted by Crippen LogP contribution is -2.41. The molecule has 2 bridgehead atoms. The number of fused-ring (bicyclic) bond motifs is 5. The lowest BCUT2D eigenvalue weighted by Gasteiger charge is -2.26. The summed E-state index contributed by atoms with van der Waals surface area (Å²) in [6.45, 7) is 6.76. The second-order valence-electron chi connectivity index (χ2n) is 9.12. The van der Waals surface area contributed by atoms with Crippen molar-refractivity contribution in [3.63, 3.8) is 0 Å². The summed E-state index contributed by atoms with van der Waals surface area (Å²) in [6.07, 6.45) is 5.96. The number of nitrogens with zero attached hydrogens (tertiary/aromatic N) is 3. The molecular weight excluding hydrogens is 402 g/mol. The predicted octanol–water partition coefficient (Wildman–Crippen LogP) is 2.26. The Hall–Kier alpha value is -2.83. The highest BCUT2D eigenvalue weighted by Gasteiger charge is 2.58. The number of para-hydroxylation sites is 1. The van der Waals surface area contributed by atoms with Crippen LogP contribution in [-0.2, 0) is 9.59 Å². The number of carbonyl (C=O) groups is 2. The molecule has 2 N–H and O–H groups in total. The largest absolute Gasteiger partial charge is 0.370 e. The van der Waals surface area contributed by atoms with E-state index >= 15 is 0 Å². The minimum atomic E-state index is -0.104. The molecule has 5 atom stereocenters. The summed E-state index contributed by atoms with van der Waals surface area (Å²) in [5.41, 5.74) is 1.17. The molecule has 0 radical (unpaired) electrons. The van der Waals surface area contributed by atoms with Crippen LogP contribution in [0, 0.1) is 23.7 Å². The first-order valence-corrected chi connectivity index (χ1v) is 11.8. The predicted molar refractivity (Wildman–Crippen MR) is 127 cm³/mol. The van der Waals surface area contributed by atoms with Gasteiger partial charge in [0.2, 0.25) is 11.8 Å². The van der Waals surface area contributed by atoms with Crippen LogP contribution in [0.4, 0.5) is 5.69 Å². The van der Waals surface area contributed by atoms with E-state index in [9.17, 15) is 9.59 Å². The van der Waals surface area contributed by atoms with Crippen molar-refractivity contribution in [2.45, 2.75) is 32.7 Å². The monoisotopic (exact) mass is 437 g/mol. The van der Waals surface area contributed by atoms with Gasteiger partial charge in [0.25, 0.3) is 0 Å². The fourth-order valence-corrected chi connectivity index (χ4v) is 5.23. The van der Waals surface area contributed by atoms with Crippen molar-refractivity contribution < 1.29 is 9.59 Å². The number of likely N-dealkylation sites (tertiary alicyclic amines) is 1. The third-order valence-electron chi connectivity index (χ3n) is 7.10. The summed E-state index contributed by atoms with van der Waals surface area (Å²) in [6, 6.07) is 10.5. The van der Waals surface area contributed by atoms with Gasteiger partial charge in [0.05, 0.1) is 18.4 Å². The number of rotatable bonds is 9. The summed E-state index contributed by atoms with van der Waals surface area (Å²) in [7, 11) is 2.08. The molecule has 1 aliphatic heterocycles. The summed E-state index contributed by atoms with van der Waals surface area (Å²) in [4.78, 5) is 34.0. The van der Waals surface area contributed by atoms with Crippen molar-refractivity contribution in [1.82, 2.24) is 15.5 Å². The van der Waals surface area contributed by atoms with Gasteiger partial charge in [-0.2, -0.15) is 0 Å². The second kappa shape index (κ2) is 9.76. The fourth-order valence-electron chi connectivity index (χ4n) is 5.23. The highest BCUT2D eigenvalue weighted by Crippen LogP contribution is 2.52. The average Bonchev–Trinajstić information content (AvgIpc) is 3.49. The molecule has 7 nitrogen and oxygen atoms in total. The molecule has 1 aromatic carbocycles. The highest BCUT2D eigenvalue weighted by atomic mass is 16.2. The van der Waals surface area contributed by atoms with Crippen molar-refractivity contribution in [2.24, 2.45) is 28.7 Å². The lowest BCUT2D eigenvalue weighted by atomic mass is 9.85. The van der Waals surface area contributed by atoms with Gasteiger partial charge >= 0.3 is 0 Å². The fraction of sp³-hybridized carbons (Fsp3) is 0.560. The first-order chi connectivity index (χ1) is 15.5. The minimum absolute atomic E-state index is 0.0372.